The minimum Gasteiger partial charge on any atom is -0.460 e. The largest absolute Gasteiger partial charge is 0.460 e. The van der Waals surface area contributed by atoms with Crippen LogP contribution in [-0.2, 0) is 19.1 Å². The summed E-state index contributed by atoms with van der Waals surface area (Å²) >= 11 is 0. The number of para-hydroxylation sites is 1. The van der Waals surface area contributed by atoms with Crippen LogP contribution in [0.4, 0.5) is 4.79 Å². The number of rotatable bonds is 9. The zero-order valence-corrected chi connectivity index (χ0v) is 25.5. The van der Waals surface area contributed by atoms with Gasteiger partial charge < -0.3 is 30.1 Å². The van der Waals surface area contributed by atoms with Crippen molar-refractivity contribution >= 4 is 23.9 Å². The summed E-state index contributed by atoms with van der Waals surface area (Å²) < 4.78 is 10.9. The molecule has 4 atom stereocenters. The first-order valence-corrected chi connectivity index (χ1v) is 14.2. The molecule has 2 aromatic rings. The molecule has 1 aliphatic rings. The fourth-order valence-electron chi connectivity index (χ4n) is 4.92. The second-order valence-electron chi connectivity index (χ2n) is 12.4. The minimum atomic E-state index is -1.30. The Bertz CT molecular complexity index is 1340. The van der Waals surface area contributed by atoms with Gasteiger partial charge in [-0.2, -0.15) is 0 Å². The molecular formula is C33H41N3O7. The topological polar surface area (TPSA) is 134 Å². The number of aliphatic hydroxyl groups is 1. The molecule has 1 fully saturated rings. The Kier molecular flexibility index (Phi) is 10.6. The standard InChI is InChI=1S/C33H41N3O7/c1-8-22-14-16-23(17-15-22)21(2)34-29(39)26-18-24(37)20-36(26)30(40)28(33(6,7)19-27(38)43-32(3,4)5)35-31(41)42-25-12-10-9-11-13-25/h1,9-17,21,24,26,28,37H,18-20H2,2-7H3,(H,34,39)(H,35,41)/t21-,24+,26-,28+/m0/s1. The molecule has 230 valence electrons. The van der Waals surface area contributed by atoms with E-state index in [1.54, 1.807) is 84.0 Å². The number of ether oxygens (including phenoxy) is 2. The number of nitrogens with one attached hydrogen (secondary N) is 2. The number of terminal acetylenes is 1. The van der Waals surface area contributed by atoms with E-state index in [-0.39, 0.29) is 25.1 Å². The maximum Gasteiger partial charge on any atom is 0.413 e. The molecule has 2 aromatic carbocycles. The maximum absolute atomic E-state index is 14.1. The average molecular weight is 592 g/mol. The Balaban J connectivity index is 1.84. The first kappa shape index (κ1) is 33.1. The molecule has 0 aromatic heterocycles. The Hall–Kier alpha value is -4.36. The Morgan fingerprint density at radius 3 is 2.23 bits per heavy atom. The summed E-state index contributed by atoms with van der Waals surface area (Å²) in [6, 6.07) is 12.7. The maximum atomic E-state index is 14.1. The van der Waals surface area contributed by atoms with Gasteiger partial charge in [0, 0.05) is 23.9 Å². The summed E-state index contributed by atoms with van der Waals surface area (Å²) in [6.07, 6.45) is 3.35. The van der Waals surface area contributed by atoms with Crippen molar-refractivity contribution in [2.24, 2.45) is 5.41 Å². The van der Waals surface area contributed by atoms with Crippen molar-refractivity contribution in [1.82, 2.24) is 15.5 Å². The van der Waals surface area contributed by atoms with Crippen molar-refractivity contribution in [2.45, 2.75) is 84.2 Å². The van der Waals surface area contributed by atoms with Crippen molar-refractivity contribution in [3.05, 3.63) is 65.7 Å². The van der Waals surface area contributed by atoms with Crippen molar-refractivity contribution in [3.8, 4) is 18.1 Å². The second kappa shape index (κ2) is 13.7. The van der Waals surface area contributed by atoms with Gasteiger partial charge in [0.1, 0.15) is 23.4 Å². The lowest BCUT2D eigenvalue weighted by Crippen LogP contribution is -2.59. The molecule has 0 spiro atoms. The number of hydrogen-bond donors (Lipinski definition) is 3. The Morgan fingerprint density at radius 2 is 1.65 bits per heavy atom. The van der Waals surface area contributed by atoms with E-state index in [9.17, 15) is 24.3 Å². The normalized spacial score (nSPS) is 18.1. The van der Waals surface area contributed by atoms with Gasteiger partial charge >= 0.3 is 12.1 Å². The number of aliphatic hydroxyl groups excluding tert-OH is 1. The van der Waals surface area contributed by atoms with E-state index in [2.05, 4.69) is 16.6 Å². The van der Waals surface area contributed by atoms with E-state index in [4.69, 9.17) is 15.9 Å². The van der Waals surface area contributed by atoms with Crippen LogP contribution in [0.15, 0.2) is 54.6 Å². The number of carbonyl (C=O) groups excluding carboxylic acids is 4. The number of likely N-dealkylation sites (tertiary alicyclic amines) is 1. The second-order valence-corrected chi connectivity index (χ2v) is 12.4. The molecule has 3 rings (SSSR count). The number of hydrogen-bond acceptors (Lipinski definition) is 7. The lowest BCUT2D eigenvalue weighted by Gasteiger charge is -2.37. The Labute approximate surface area is 253 Å². The van der Waals surface area contributed by atoms with Crippen LogP contribution >= 0.6 is 0 Å². The molecule has 10 nitrogen and oxygen atoms in total. The summed E-state index contributed by atoms with van der Waals surface area (Å²) in [5.41, 5.74) is -0.413. The van der Waals surface area contributed by atoms with Crippen LogP contribution < -0.4 is 15.4 Å². The van der Waals surface area contributed by atoms with Crippen molar-refractivity contribution < 1.29 is 33.8 Å². The highest BCUT2D eigenvalue weighted by Gasteiger charge is 2.47. The third-order valence-electron chi connectivity index (χ3n) is 7.07. The van der Waals surface area contributed by atoms with Crippen LogP contribution in [0.2, 0.25) is 0 Å². The zero-order chi connectivity index (χ0) is 31.9. The molecule has 1 aliphatic heterocycles. The third-order valence-corrected chi connectivity index (χ3v) is 7.07. The van der Waals surface area contributed by atoms with Crippen LogP contribution in [0.5, 0.6) is 5.75 Å². The van der Waals surface area contributed by atoms with Gasteiger partial charge in [-0.15, -0.1) is 6.42 Å². The van der Waals surface area contributed by atoms with Gasteiger partial charge in [-0.3, -0.25) is 14.4 Å². The predicted octanol–water partition coefficient (Wildman–Crippen LogP) is 3.72. The highest BCUT2D eigenvalue weighted by atomic mass is 16.6. The summed E-state index contributed by atoms with van der Waals surface area (Å²) in [5, 5.41) is 16.1. The lowest BCUT2D eigenvalue weighted by atomic mass is 9.80. The van der Waals surface area contributed by atoms with Crippen LogP contribution in [0.3, 0.4) is 0 Å². The first-order chi connectivity index (χ1) is 20.1. The van der Waals surface area contributed by atoms with Gasteiger partial charge in [0.05, 0.1) is 18.6 Å². The average Bonchev–Trinajstić information content (AvgIpc) is 3.32. The number of amides is 3. The van der Waals surface area contributed by atoms with Crippen molar-refractivity contribution in [3.63, 3.8) is 0 Å². The van der Waals surface area contributed by atoms with E-state index in [1.165, 1.54) is 4.90 Å². The molecule has 43 heavy (non-hydrogen) atoms. The zero-order valence-electron chi connectivity index (χ0n) is 25.5. The number of β-amino-alcohol motifs (C(OH)–C–C–N with tert-alkyl or cyclic N) is 1. The highest BCUT2D eigenvalue weighted by molar-refractivity contribution is 5.93. The highest BCUT2D eigenvalue weighted by Crippen LogP contribution is 2.31. The third kappa shape index (κ3) is 9.32. The summed E-state index contributed by atoms with van der Waals surface area (Å²) in [4.78, 5) is 54.6. The molecule has 0 radical (unpaired) electrons. The van der Waals surface area contributed by atoms with Gasteiger partial charge in [0.15, 0.2) is 0 Å². The summed E-state index contributed by atoms with van der Waals surface area (Å²) in [7, 11) is 0. The smallest absolute Gasteiger partial charge is 0.413 e. The molecule has 3 N–H and O–H groups in total. The quantitative estimate of drug-likeness (QED) is 0.299. The fourth-order valence-corrected chi connectivity index (χ4v) is 4.92. The number of carbonyl (C=O) groups is 4. The van der Waals surface area contributed by atoms with Crippen LogP contribution in [0, 0.1) is 17.8 Å². The lowest BCUT2D eigenvalue weighted by molar-refractivity contribution is -0.158. The molecule has 10 heteroatoms. The van der Waals surface area contributed by atoms with Crippen molar-refractivity contribution in [1.29, 1.82) is 0 Å². The fraction of sp³-hybridized carbons (Fsp3) is 0.455. The van der Waals surface area contributed by atoms with E-state index >= 15 is 0 Å². The first-order valence-electron chi connectivity index (χ1n) is 14.2. The van der Waals surface area contributed by atoms with E-state index in [0.29, 0.717) is 5.56 Å². The number of nitrogens with zero attached hydrogens (tertiary/aromatic N) is 1. The SMILES string of the molecule is C#Cc1ccc([C@H](C)NC(=O)[C@@H]2C[C@@H](O)CN2C(=O)[C@@H](NC(=O)Oc2ccccc2)C(C)(C)CC(=O)OC(C)(C)C)cc1. The van der Waals surface area contributed by atoms with Crippen molar-refractivity contribution in [2.75, 3.05) is 6.54 Å². The van der Waals surface area contributed by atoms with Crippen LogP contribution in [0.1, 0.15) is 71.6 Å². The van der Waals surface area contributed by atoms with Gasteiger partial charge in [0.2, 0.25) is 11.8 Å². The van der Waals surface area contributed by atoms with Gasteiger partial charge in [0.25, 0.3) is 0 Å². The van der Waals surface area contributed by atoms with E-state index in [0.717, 1.165) is 5.56 Å². The monoisotopic (exact) mass is 591 g/mol. The molecule has 0 saturated carbocycles. The number of benzene rings is 2. The molecule has 0 aliphatic carbocycles. The van der Waals surface area contributed by atoms with Crippen LogP contribution in [0.25, 0.3) is 0 Å². The summed E-state index contributed by atoms with van der Waals surface area (Å²) in [6.45, 7) is 10.2. The predicted molar refractivity (Wildman–Crippen MR) is 161 cm³/mol. The molecule has 0 unspecified atom stereocenters. The molecular weight excluding hydrogens is 550 g/mol. The molecule has 0 bridgehead atoms. The van der Waals surface area contributed by atoms with E-state index < -0.39 is 59.1 Å². The van der Waals surface area contributed by atoms with Gasteiger partial charge in [-0.25, -0.2) is 4.79 Å². The summed E-state index contributed by atoms with van der Waals surface area (Å²) in [5.74, 6) is 1.14. The van der Waals surface area contributed by atoms with E-state index in [1.807, 2.05) is 12.1 Å². The Morgan fingerprint density at radius 1 is 1.02 bits per heavy atom. The molecule has 1 saturated heterocycles. The van der Waals surface area contributed by atoms with Gasteiger partial charge in [-0.1, -0.05) is 50.1 Å². The minimum absolute atomic E-state index is 0.00794. The van der Waals surface area contributed by atoms with Gasteiger partial charge in [-0.05, 0) is 57.5 Å². The molecule has 3 amide bonds. The number of esters is 1. The van der Waals surface area contributed by atoms with Crippen LogP contribution in [-0.4, -0.2) is 64.2 Å². The molecule has 1 heterocycles.